The fraction of sp³-hybridized carbons (Fsp3) is 0.351. The van der Waals surface area contributed by atoms with Crippen LogP contribution in [0.1, 0.15) is 49.4 Å². The highest BCUT2D eigenvalue weighted by Gasteiger charge is 2.44. The lowest BCUT2D eigenvalue weighted by Crippen LogP contribution is -2.44. The number of nitrogens with one attached hydrogen (secondary N) is 2. The van der Waals surface area contributed by atoms with Gasteiger partial charge in [-0.25, -0.2) is 9.99 Å². The van der Waals surface area contributed by atoms with Crippen LogP contribution in [0.25, 0.3) is 10.9 Å². The summed E-state index contributed by atoms with van der Waals surface area (Å²) >= 11 is 3.41. The second-order valence-corrected chi connectivity index (χ2v) is 13.8. The van der Waals surface area contributed by atoms with E-state index in [4.69, 9.17) is 9.97 Å². The molecule has 2 atom stereocenters. The molecule has 6 rings (SSSR count). The van der Waals surface area contributed by atoms with Gasteiger partial charge >= 0.3 is 0 Å². The second-order valence-electron chi connectivity index (χ2n) is 12.8. The van der Waals surface area contributed by atoms with E-state index in [1.54, 1.807) is 43.3 Å². The van der Waals surface area contributed by atoms with Crippen molar-refractivity contribution in [2.24, 2.45) is 22.9 Å². The maximum atomic E-state index is 13.9. The van der Waals surface area contributed by atoms with Crippen LogP contribution in [-0.4, -0.2) is 60.0 Å². The molecule has 48 heavy (non-hydrogen) atoms. The predicted octanol–water partition coefficient (Wildman–Crippen LogP) is 6.47. The van der Waals surface area contributed by atoms with Crippen LogP contribution in [0.4, 0.5) is 17.5 Å². The van der Waals surface area contributed by atoms with Crippen molar-refractivity contribution in [3.05, 3.63) is 88.9 Å². The van der Waals surface area contributed by atoms with E-state index in [-0.39, 0.29) is 36.0 Å². The molecule has 2 N–H and O–H groups in total. The SMILES string of the molecule is CC1=NN(c2ccccc2)C(=O)C1C(CC(=O)c1ccc(Br)cc1)C(=O)NCC1CCC(Nc2nc(N(C)C)c3ccccc3n2)CC1. The molecular weight excluding hydrogens is 670 g/mol. The monoisotopic (exact) mass is 709 g/mol. The van der Waals surface area contributed by atoms with Crippen LogP contribution < -0.4 is 20.5 Å². The molecule has 2 aliphatic rings. The maximum Gasteiger partial charge on any atom is 0.257 e. The second kappa shape index (κ2) is 14.6. The third-order valence-electron chi connectivity index (χ3n) is 9.25. The van der Waals surface area contributed by atoms with Gasteiger partial charge in [-0.15, -0.1) is 0 Å². The largest absolute Gasteiger partial charge is 0.362 e. The molecule has 11 heteroatoms. The number of rotatable bonds is 11. The molecule has 2 amide bonds. The molecule has 0 spiro atoms. The number of carbonyl (C=O) groups is 3. The van der Waals surface area contributed by atoms with Crippen LogP contribution in [0.15, 0.2) is 88.4 Å². The van der Waals surface area contributed by atoms with Crippen molar-refractivity contribution >= 4 is 67.6 Å². The van der Waals surface area contributed by atoms with Gasteiger partial charge in [-0.2, -0.15) is 10.1 Å². The lowest BCUT2D eigenvalue weighted by Gasteiger charge is -2.30. The average molecular weight is 711 g/mol. The number of carbonyl (C=O) groups excluding carboxylic acids is 3. The number of Topliss-reactive ketones (excluding diaryl/α,β-unsaturated/α-hetero) is 1. The first kappa shape index (κ1) is 33.3. The molecule has 248 valence electrons. The van der Waals surface area contributed by atoms with Crippen molar-refractivity contribution in [3.8, 4) is 0 Å². The topological polar surface area (TPSA) is 120 Å². The van der Waals surface area contributed by atoms with Gasteiger partial charge in [0.15, 0.2) is 5.78 Å². The smallest absolute Gasteiger partial charge is 0.257 e. The van der Waals surface area contributed by atoms with Crippen molar-refractivity contribution in [2.45, 2.75) is 45.1 Å². The number of para-hydroxylation sites is 2. The Balaban J connectivity index is 1.10. The van der Waals surface area contributed by atoms with Crippen molar-refractivity contribution in [1.82, 2.24) is 15.3 Å². The van der Waals surface area contributed by atoms with Gasteiger partial charge in [-0.1, -0.05) is 58.4 Å². The number of halogens is 1. The summed E-state index contributed by atoms with van der Waals surface area (Å²) in [4.78, 5) is 52.6. The molecule has 4 aromatic rings. The Kier molecular flexibility index (Phi) is 10.1. The summed E-state index contributed by atoms with van der Waals surface area (Å²) < 4.78 is 0.855. The van der Waals surface area contributed by atoms with Gasteiger partial charge in [-0.3, -0.25) is 14.4 Å². The zero-order valence-electron chi connectivity index (χ0n) is 27.4. The van der Waals surface area contributed by atoms with Gasteiger partial charge in [-0.05, 0) is 74.9 Å². The number of nitrogens with zero attached hydrogens (tertiary/aromatic N) is 5. The summed E-state index contributed by atoms with van der Waals surface area (Å²) in [5.74, 6) is -0.748. The fourth-order valence-corrected chi connectivity index (χ4v) is 6.91. The van der Waals surface area contributed by atoms with Gasteiger partial charge in [0.1, 0.15) is 5.82 Å². The molecule has 0 bridgehead atoms. The minimum atomic E-state index is -0.889. The van der Waals surface area contributed by atoms with E-state index in [0.717, 1.165) is 46.9 Å². The molecule has 1 aliphatic heterocycles. The Hall–Kier alpha value is -4.64. The summed E-state index contributed by atoms with van der Waals surface area (Å²) in [6.07, 6.45) is 3.56. The van der Waals surface area contributed by atoms with E-state index < -0.39 is 11.8 Å². The zero-order chi connectivity index (χ0) is 33.8. The van der Waals surface area contributed by atoms with Crippen molar-refractivity contribution in [3.63, 3.8) is 0 Å². The molecule has 1 aliphatic carbocycles. The number of ketones is 1. The Bertz CT molecular complexity index is 1820. The molecule has 1 fully saturated rings. The molecule has 10 nitrogen and oxygen atoms in total. The van der Waals surface area contributed by atoms with E-state index in [1.165, 1.54) is 5.01 Å². The Morgan fingerprint density at radius 3 is 2.33 bits per heavy atom. The minimum Gasteiger partial charge on any atom is -0.362 e. The third kappa shape index (κ3) is 7.41. The standard InChI is InChI=1S/C37H40BrN7O3/c1-23-33(36(48)45(43-23)28-9-5-4-6-10-28)30(21-32(46)25-15-17-26(38)18-16-25)35(47)39-22-24-13-19-27(20-14-24)40-37-41-31-12-8-7-11-29(31)34(42-37)44(2)3/h4-12,15-18,24,27,30,33H,13-14,19-22H2,1-3H3,(H,39,47)(H,40,41,42). The highest BCUT2D eigenvalue weighted by atomic mass is 79.9. The average Bonchev–Trinajstić information content (AvgIpc) is 3.39. The summed E-state index contributed by atoms with van der Waals surface area (Å²) in [5.41, 5.74) is 2.54. The molecule has 1 saturated carbocycles. The lowest BCUT2D eigenvalue weighted by atomic mass is 9.82. The van der Waals surface area contributed by atoms with Crippen molar-refractivity contribution in [1.29, 1.82) is 0 Å². The zero-order valence-corrected chi connectivity index (χ0v) is 29.0. The van der Waals surface area contributed by atoms with E-state index in [2.05, 4.69) is 31.7 Å². The quantitative estimate of drug-likeness (QED) is 0.171. The fourth-order valence-electron chi connectivity index (χ4n) is 6.65. The molecule has 1 aromatic heterocycles. The van der Waals surface area contributed by atoms with Crippen molar-refractivity contribution < 1.29 is 14.4 Å². The summed E-state index contributed by atoms with van der Waals surface area (Å²) in [5, 5.41) is 13.5. The van der Waals surface area contributed by atoms with E-state index in [9.17, 15) is 14.4 Å². The number of benzene rings is 3. The molecule has 2 heterocycles. The van der Waals surface area contributed by atoms with Crippen LogP contribution in [0.2, 0.25) is 0 Å². The molecule has 0 saturated heterocycles. The Labute approximate surface area is 289 Å². The number of amides is 2. The van der Waals surface area contributed by atoms with Gasteiger partial charge in [0, 0.05) is 54.2 Å². The highest BCUT2D eigenvalue weighted by Crippen LogP contribution is 2.32. The van der Waals surface area contributed by atoms with Crippen LogP contribution in [0.3, 0.4) is 0 Å². The first-order valence-corrected chi connectivity index (χ1v) is 17.2. The minimum absolute atomic E-state index is 0.100. The summed E-state index contributed by atoms with van der Waals surface area (Å²) in [7, 11) is 3.96. The van der Waals surface area contributed by atoms with Gasteiger partial charge in [0.25, 0.3) is 5.91 Å². The molecule has 2 unspecified atom stereocenters. The molecular formula is C37H40BrN7O3. The van der Waals surface area contributed by atoms with E-state index in [1.807, 2.05) is 61.5 Å². The van der Waals surface area contributed by atoms with E-state index in [0.29, 0.717) is 29.5 Å². The Morgan fingerprint density at radius 2 is 1.62 bits per heavy atom. The van der Waals surface area contributed by atoms with E-state index >= 15 is 0 Å². The first-order chi connectivity index (χ1) is 23.2. The first-order valence-electron chi connectivity index (χ1n) is 16.4. The highest BCUT2D eigenvalue weighted by molar-refractivity contribution is 9.10. The third-order valence-corrected chi connectivity index (χ3v) is 9.77. The predicted molar refractivity (Wildman–Crippen MR) is 193 cm³/mol. The van der Waals surface area contributed by atoms with Crippen LogP contribution in [0.5, 0.6) is 0 Å². The normalized spacial score (nSPS) is 19.9. The lowest BCUT2D eigenvalue weighted by molar-refractivity contribution is -0.131. The van der Waals surface area contributed by atoms with Crippen LogP contribution >= 0.6 is 15.9 Å². The summed E-state index contributed by atoms with van der Waals surface area (Å²) in [6, 6.07) is 24.4. The van der Waals surface area contributed by atoms with Gasteiger partial charge < -0.3 is 15.5 Å². The number of fused-ring (bicyclic) bond motifs is 1. The summed E-state index contributed by atoms with van der Waals surface area (Å²) in [6.45, 7) is 2.23. The number of anilines is 3. The van der Waals surface area contributed by atoms with Crippen LogP contribution in [-0.2, 0) is 9.59 Å². The van der Waals surface area contributed by atoms with Gasteiger partial charge in [0.2, 0.25) is 11.9 Å². The number of hydrogen-bond acceptors (Lipinski definition) is 8. The maximum absolute atomic E-state index is 13.9. The molecule has 0 radical (unpaired) electrons. The number of aromatic nitrogens is 2. The van der Waals surface area contributed by atoms with Crippen LogP contribution in [0, 0.1) is 17.8 Å². The number of hydrazone groups is 1. The molecule has 3 aromatic carbocycles. The van der Waals surface area contributed by atoms with Crippen molar-refractivity contribution in [2.75, 3.05) is 35.9 Å². The Morgan fingerprint density at radius 1 is 0.938 bits per heavy atom. The number of hydrogen-bond donors (Lipinski definition) is 2. The van der Waals surface area contributed by atoms with Gasteiger partial charge in [0.05, 0.1) is 23.0 Å².